The number of aromatic nitrogens is 2. The maximum absolute atomic E-state index is 9.84. The Morgan fingerprint density at radius 1 is 1.45 bits per heavy atom. The summed E-state index contributed by atoms with van der Waals surface area (Å²) < 4.78 is 5.65. The summed E-state index contributed by atoms with van der Waals surface area (Å²) in [6.45, 7) is 0.523. The molecule has 1 saturated heterocycles. The maximum atomic E-state index is 9.84. The molecule has 0 spiro atoms. The molecular weight excluding hydrogens is 264 g/mol. The molecule has 0 saturated carbocycles. The number of fused-ring (bicyclic) bond motifs is 1. The van der Waals surface area contributed by atoms with Crippen molar-refractivity contribution in [1.82, 2.24) is 9.97 Å². The molecule has 0 unspecified atom stereocenters. The highest BCUT2D eigenvalue weighted by Gasteiger charge is 2.41. The van der Waals surface area contributed by atoms with Crippen LogP contribution in [0.2, 0.25) is 0 Å². The first-order valence-electron chi connectivity index (χ1n) is 6.42. The van der Waals surface area contributed by atoms with E-state index < -0.39 is 12.2 Å². The van der Waals surface area contributed by atoms with E-state index in [1.54, 1.807) is 0 Å². The molecule has 1 aromatic rings. The van der Waals surface area contributed by atoms with Crippen LogP contribution in [0, 0.1) is 0 Å². The first kappa shape index (κ1) is 13.3. The monoisotopic (exact) mass is 282 g/mol. The normalized spacial score (nSPS) is 29.1. The number of nitrogens with two attached hydrogens (primary N) is 2. The van der Waals surface area contributed by atoms with E-state index in [0.29, 0.717) is 30.4 Å². The van der Waals surface area contributed by atoms with Crippen LogP contribution >= 0.6 is 0 Å². The van der Waals surface area contributed by atoms with Crippen LogP contribution in [0.15, 0.2) is 6.33 Å². The molecule has 2 aliphatic rings. The maximum Gasteiger partial charge on any atom is 0.161 e. The van der Waals surface area contributed by atoms with Crippen LogP contribution in [-0.4, -0.2) is 58.6 Å². The van der Waals surface area contributed by atoms with E-state index in [2.05, 4.69) is 9.97 Å². The molecule has 9 heteroatoms. The SMILES string of the molecule is NCN1CN([C@H]2C[C@H](O)[C@@H](CO)O2)c2ncnc(N)c21. The summed E-state index contributed by atoms with van der Waals surface area (Å²) in [5, 5.41) is 19.0. The van der Waals surface area contributed by atoms with Crippen LogP contribution in [0.25, 0.3) is 0 Å². The number of nitrogen functional groups attached to an aromatic ring is 1. The van der Waals surface area contributed by atoms with Gasteiger partial charge in [0.1, 0.15) is 24.3 Å². The summed E-state index contributed by atoms with van der Waals surface area (Å²) >= 11 is 0. The van der Waals surface area contributed by atoms with Crippen molar-refractivity contribution in [1.29, 1.82) is 0 Å². The van der Waals surface area contributed by atoms with E-state index in [-0.39, 0.29) is 19.5 Å². The summed E-state index contributed by atoms with van der Waals surface area (Å²) in [6.07, 6.45) is 0.143. The van der Waals surface area contributed by atoms with Crippen molar-refractivity contribution in [3.63, 3.8) is 0 Å². The van der Waals surface area contributed by atoms with Gasteiger partial charge in [0, 0.05) is 6.42 Å². The minimum absolute atomic E-state index is 0.217. The Bertz CT molecular complexity index is 501. The fourth-order valence-corrected chi connectivity index (χ4v) is 2.67. The van der Waals surface area contributed by atoms with Gasteiger partial charge in [-0.15, -0.1) is 0 Å². The molecule has 6 N–H and O–H groups in total. The van der Waals surface area contributed by atoms with Gasteiger partial charge >= 0.3 is 0 Å². The van der Waals surface area contributed by atoms with Crippen LogP contribution in [-0.2, 0) is 4.74 Å². The Balaban J connectivity index is 1.89. The van der Waals surface area contributed by atoms with Crippen LogP contribution in [0.1, 0.15) is 6.42 Å². The standard InChI is InChI=1S/C11H18N6O3/c12-3-16-5-17(8-1-6(19)7(2-18)20-8)11-9(16)10(13)14-4-15-11/h4,6-8,18-19H,1-3,5,12H2,(H2,13,14,15)/t6-,7+,8+/m0/s1. The van der Waals surface area contributed by atoms with E-state index in [1.165, 1.54) is 6.33 Å². The van der Waals surface area contributed by atoms with E-state index in [1.807, 2.05) is 9.80 Å². The number of ether oxygens (including phenoxy) is 1. The number of aliphatic hydroxyl groups excluding tert-OH is 2. The molecule has 2 aliphatic heterocycles. The first-order chi connectivity index (χ1) is 9.65. The smallest absolute Gasteiger partial charge is 0.161 e. The number of nitrogens with zero attached hydrogens (tertiary/aromatic N) is 4. The van der Waals surface area contributed by atoms with E-state index in [0.717, 1.165) is 0 Å². The minimum Gasteiger partial charge on any atom is -0.394 e. The topological polar surface area (TPSA) is 134 Å². The third-order valence-corrected chi connectivity index (χ3v) is 3.69. The Hall–Kier alpha value is -1.68. The lowest BCUT2D eigenvalue weighted by Gasteiger charge is -2.25. The molecule has 110 valence electrons. The lowest BCUT2D eigenvalue weighted by atomic mass is 10.2. The summed E-state index contributed by atoms with van der Waals surface area (Å²) in [6, 6.07) is 0. The molecule has 0 radical (unpaired) electrons. The third-order valence-electron chi connectivity index (χ3n) is 3.69. The number of hydrogen-bond acceptors (Lipinski definition) is 9. The number of hydrogen-bond donors (Lipinski definition) is 4. The van der Waals surface area contributed by atoms with Gasteiger partial charge in [-0.05, 0) is 0 Å². The van der Waals surface area contributed by atoms with Crippen molar-refractivity contribution in [3.05, 3.63) is 6.33 Å². The van der Waals surface area contributed by atoms with Gasteiger partial charge < -0.3 is 36.2 Å². The van der Waals surface area contributed by atoms with Crippen LogP contribution < -0.4 is 21.3 Å². The Morgan fingerprint density at radius 2 is 2.25 bits per heavy atom. The lowest BCUT2D eigenvalue weighted by molar-refractivity contribution is -0.0220. The molecular formula is C11H18N6O3. The highest BCUT2D eigenvalue weighted by atomic mass is 16.5. The van der Waals surface area contributed by atoms with Gasteiger partial charge in [0.05, 0.1) is 26.0 Å². The van der Waals surface area contributed by atoms with Gasteiger partial charge in [0.15, 0.2) is 11.6 Å². The molecule has 1 aromatic heterocycles. The highest BCUT2D eigenvalue weighted by molar-refractivity contribution is 5.81. The van der Waals surface area contributed by atoms with E-state index in [9.17, 15) is 5.11 Å². The van der Waals surface area contributed by atoms with Gasteiger partial charge in [0.2, 0.25) is 0 Å². The van der Waals surface area contributed by atoms with Crippen molar-refractivity contribution in [2.24, 2.45) is 5.73 Å². The predicted molar refractivity (Wildman–Crippen MR) is 71.7 cm³/mol. The second kappa shape index (κ2) is 5.02. The molecule has 3 heterocycles. The summed E-state index contributed by atoms with van der Waals surface area (Å²) in [5.41, 5.74) is 12.3. The van der Waals surface area contributed by atoms with Crippen molar-refractivity contribution in [2.45, 2.75) is 24.9 Å². The Kier molecular flexibility index (Phi) is 3.34. The second-order valence-corrected chi connectivity index (χ2v) is 4.88. The zero-order valence-corrected chi connectivity index (χ0v) is 10.9. The molecule has 0 aliphatic carbocycles. The number of rotatable bonds is 3. The van der Waals surface area contributed by atoms with Crippen LogP contribution in [0.4, 0.5) is 17.3 Å². The average molecular weight is 282 g/mol. The zero-order chi connectivity index (χ0) is 14.3. The van der Waals surface area contributed by atoms with Gasteiger partial charge in [-0.3, -0.25) is 0 Å². The minimum atomic E-state index is -0.695. The fourth-order valence-electron chi connectivity index (χ4n) is 2.67. The first-order valence-corrected chi connectivity index (χ1v) is 6.42. The van der Waals surface area contributed by atoms with E-state index in [4.69, 9.17) is 21.3 Å². The molecule has 3 atom stereocenters. The second-order valence-electron chi connectivity index (χ2n) is 4.88. The third kappa shape index (κ3) is 1.95. The molecule has 20 heavy (non-hydrogen) atoms. The zero-order valence-electron chi connectivity index (χ0n) is 10.9. The molecule has 9 nitrogen and oxygen atoms in total. The van der Waals surface area contributed by atoms with Gasteiger partial charge in [0.25, 0.3) is 0 Å². The van der Waals surface area contributed by atoms with Crippen molar-refractivity contribution < 1.29 is 14.9 Å². The molecule has 3 rings (SSSR count). The van der Waals surface area contributed by atoms with Gasteiger partial charge in [-0.1, -0.05) is 0 Å². The quantitative estimate of drug-likeness (QED) is 0.498. The number of anilines is 3. The van der Waals surface area contributed by atoms with Crippen LogP contribution in [0.5, 0.6) is 0 Å². The Labute approximate surface area is 115 Å². The van der Waals surface area contributed by atoms with Crippen LogP contribution in [0.3, 0.4) is 0 Å². The van der Waals surface area contributed by atoms with Crippen molar-refractivity contribution in [3.8, 4) is 0 Å². The highest BCUT2D eigenvalue weighted by Crippen LogP contribution is 2.40. The molecule has 0 amide bonds. The Morgan fingerprint density at radius 3 is 2.90 bits per heavy atom. The summed E-state index contributed by atoms with van der Waals surface area (Å²) in [5.74, 6) is 0.999. The van der Waals surface area contributed by atoms with Crippen molar-refractivity contribution in [2.75, 3.05) is 35.5 Å². The largest absolute Gasteiger partial charge is 0.394 e. The van der Waals surface area contributed by atoms with Crippen molar-refractivity contribution >= 4 is 17.3 Å². The predicted octanol–water partition coefficient (Wildman–Crippen LogP) is -1.97. The van der Waals surface area contributed by atoms with E-state index >= 15 is 0 Å². The van der Waals surface area contributed by atoms with Gasteiger partial charge in [-0.25, -0.2) is 9.97 Å². The average Bonchev–Trinajstić information content (AvgIpc) is 3.00. The molecule has 0 aromatic carbocycles. The number of aliphatic hydroxyl groups is 2. The summed E-state index contributed by atoms with van der Waals surface area (Å²) in [4.78, 5) is 11.9. The molecule has 1 fully saturated rings. The fraction of sp³-hybridized carbons (Fsp3) is 0.636. The van der Waals surface area contributed by atoms with Gasteiger partial charge in [-0.2, -0.15) is 0 Å². The lowest BCUT2D eigenvalue weighted by Crippen LogP contribution is -2.41. The molecule has 0 bridgehead atoms. The summed E-state index contributed by atoms with van der Waals surface area (Å²) in [7, 11) is 0.